The summed E-state index contributed by atoms with van der Waals surface area (Å²) in [6.07, 6.45) is -0.102. The van der Waals surface area contributed by atoms with E-state index in [9.17, 15) is 14.4 Å². The number of fused-ring (bicyclic) bond motifs is 1. The van der Waals surface area contributed by atoms with Gasteiger partial charge < -0.3 is 4.74 Å². The number of halogens is 2. The van der Waals surface area contributed by atoms with Crippen LogP contribution in [0.25, 0.3) is 10.8 Å². The standard InChI is InChI=1S/C20H16Cl2N2O4/c1-2-28-19(26)10-17-13-5-3-4-6-14(13)20(27)24(23-17)11-18(25)12-7-8-15(21)16(22)9-12/h3-9H,2,10-11H2,1H3. The normalized spacial score (nSPS) is 10.8. The van der Waals surface area contributed by atoms with Crippen LogP contribution in [0.2, 0.25) is 10.0 Å². The highest BCUT2D eigenvalue weighted by Gasteiger charge is 2.17. The molecule has 0 atom stereocenters. The van der Waals surface area contributed by atoms with E-state index in [0.717, 1.165) is 4.68 Å². The zero-order valence-corrected chi connectivity index (χ0v) is 16.5. The Morgan fingerprint density at radius 3 is 2.46 bits per heavy atom. The molecule has 6 nitrogen and oxygen atoms in total. The number of nitrogens with zero attached hydrogens (tertiary/aromatic N) is 2. The second-order valence-electron chi connectivity index (χ2n) is 5.99. The van der Waals surface area contributed by atoms with Crippen molar-refractivity contribution in [1.29, 1.82) is 0 Å². The predicted octanol–water partition coefficient (Wildman–Crippen LogP) is 3.69. The summed E-state index contributed by atoms with van der Waals surface area (Å²) in [5.41, 5.74) is 0.260. The second-order valence-corrected chi connectivity index (χ2v) is 6.80. The minimum Gasteiger partial charge on any atom is -0.466 e. The number of aromatic nitrogens is 2. The quantitative estimate of drug-likeness (QED) is 0.450. The Labute approximate surface area is 170 Å². The fourth-order valence-electron chi connectivity index (χ4n) is 2.79. The molecule has 0 radical (unpaired) electrons. The summed E-state index contributed by atoms with van der Waals surface area (Å²) in [5.74, 6) is -0.813. The highest BCUT2D eigenvalue weighted by molar-refractivity contribution is 6.42. The minimum atomic E-state index is -0.457. The van der Waals surface area contributed by atoms with Gasteiger partial charge >= 0.3 is 5.97 Å². The maximum Gasteiger partial charge on any atom is 0.311 e. The van der Waals surface area contributed by atoms with Gasteiger partial charge in [-0.05, 0) is 31.2 Å². The Bertz CT molecular complexity index is 1120. The molecule has 0 fully saturated rings. The van der Waals surface area contributed by atoms with E-state index >= 15 is 0 Å². The fraction of sp³-hybridized carbons (Fsp3) is 0.200. The van der Waals surface area contributed by atoms with Crippen molar-refractivity contribution in [1.82, 2.24) is 9.78 Å². The van der Waals surface area contributed by atoms with Crippen molar-refractivity contribution in [2.45, 2.75) is 19.9 Å². The molecule has 0 bridgehead atoms. The van der Waals surface area contributed by atoms with Crippen molar-refractivity contribution in [2.24, 2.45) is 0 Å². The zero-order chi connectivity index (χ0) is 20.3. The first-order valence-corrected chi connectivity index (χ1v) is 9.29. The van der Waals surface area contributed by atoms with Gasteiger partial charge in [-0.25, -0.2) is 4.68 Å². The maximum absolute atomic E-state index is 12.8. The number of ether oxygens (including phenoxy) is 1. The lowest BCUT2D eigenvalue weighted by Crippen LogP contribution is -2.29. The monoisotopic (exact) mass is 418 g/mol. The third-order valence-corrected chi connectivity index (χ3v) is 4.84. The number of rotatable bonds is 6. The lowest BCUT2D eigenvalue weighted by Gasteiger charge is -2.11. The molecule has 0 spiro atoms. The molecule has 0 unspecified atom stereocenters. The van der Waals surface area contributed by atoms with E-state index in [2.05, 4.69) is 5.10 Å². The van der Waals surface area contributed by atoms with Crippen LogP contribution in [0.5, 0.6) is 0 Å². The van der Waals surface area contributed by atoms with Gasteiger partial charge in [0.25, 0.3) is 5.56 Å². The van der Waals surface area contributed by atoms with E-state index < -0.39 is 11.5 Å². The first-order chi connectivity index (χ1) is 13.4. The van der Waals surface area contributed by atoms with Crippen LogP contribution >= 0.6 is 23.2 Å². The Kier molecular flexibility index (Phi) is 6.11. The molecule has 28 heavy (non-hydrogen) atoms. The predicted molar refractivity (Wildman–Crippen MR) is 107 cm³/mol. The van der Waals surface area contributed by atoms with Gasteiger partial charge in [-0.1, -0.05) is 41.4 Å². The van der Waals surface area contributed by atoms with Gasteiger partial charge in [0, 0.05) is 10.9 Å². The van der Waals surface area contributed by atoms with Gasteiger partial charge in [0.15, 0.2) is 5.78 Å². The van der Waals surface area contributed by atoms with Crippen LogP contribution in [0.3, 0.4) is 0 Å². The summed E-state index contributed by atoms with van der Waals surface area (Å²) in [4.78, 5) is 37.3. The van der Waals surface area contributed by atoms with E-state index in [0.29, 0.717) is 27.1 Å². The number of benzene rings is 2. The average Bonchev–Trinajstić information content (AvgIpc) is 2.67. The van der Waals surface area contributed by atoms with Gasteiger partial charge in [0.05, 0.1) is 34.2 Å². The van der Waals surface area contributed by atoms with Crippen molar-refractivity contribution >= 4 is 45.7 Å². The molecular formula is C20H16Cl2N2O4. The van der Waals surface area contributed by atoms with E-state index in [4.69, 9.17) is 27.9 Å². The Morgan fingerprint density at radius 1 is 1.07 bits per heavy atom. The van der Waals surface area contributed by atoms with E-state index in [1.54, 1.807) is 31.2 Å². The molecule has 1 heterocycles. The highest BCUT2D eigenvalue weighted by atomic mass is 35.5. The third kappa shape index (κ3) is 4.24. The first kappa shape index (κ1) is 20.0. The summed E-state index contributed by atoms with van der Waals surface area (Å²) in [7, 11) is 0. The van der Waals surface area contributed by atoms with E-state index in [-0.39, 0.29) is 30.4 Å². The number of Topliss-reactive ketones (excluding diaryl/α,β-unsaturated/α-hetero) is 1. The van der Waals surface area contributed by atoms with Crippen LogP contribution < -0.4 is 5.56 Å². The van der Waals surface area contributed by atoms with Crippen molar-refractivity contribution in [3.63, 3.8) is 0 Å². The molecule has 144 valence electrons. The molecular weight excluding hydrogens is 403 g/mol. The summed E-state index contributed by atoms with van der Waals surface area (Å²) >= 11 is 11.8. The van der Waals surface area contributed by atoms with Crippen LogP contribution in [0, 0.1) is 0 Å². The molecule has 8 heteroatoms. The summed E-state index contributed by atoms with van der Waals surface area (Å²) in [5, 5.41) is 5.75. The first-order valence-electron chi connectivity index (χ1n) is 8.53. The number of carbonyl (C=O) groups is 2. The lowest BCUT2D eigenvalue weighted by atomic mass is 10.1. The van der Waals surface area contributed by atoms with Crippen molar-refractivity contribution in [3.05, 3.63) is 74.1 Å². The van der Waals surface area contributed by atoms with Gasteiger partial charge in [-0.2, -0.15) is 5.10 Å². The molecule has 0 aliphatic rings. The van der Waals surface area contributed by atoms with Crippen LogP contribution in [0.1, 0.15) is 23.0 Å². The van der Waals surface area contributed by atoms with Crippen LogP contribution in [0.4, 0.5) is 0 Å². The van der Waals surface area contributed by atoms with Crippen LogP contribution in [0.15, 0.2) is 47.3 Å². The van der Waals surface area contributed by atoms with Gasteiger partial charge in [-0.3, -0.25) is 14.4 Å². The molecule has 0 saturated heterocycles. The largest absolute Gasteiger partial charge is 0.466 e. The van der Waals surface area contributed by atoms with Crippen molar-refractivity contribution in [2.75, 3.05) is 6.61 Å². The molecule has 0 aliphatic heterocycles. The SMILES string of the molecule is CCOC(=O)Cc1nn(CC(=O)c2ccc(Cl)c(Cl)c2)c(=O)c2ccccc12. The summed E-state index contributed by atoms with van der Waals surface area (Å²) in [6, 6.07) is 11.3. The fourth-order valence-corrected chi connectivity index (χ4v) is 3.09. The molecule has 3 aromatic rings. The molecule has 3 rings (SSSR count). The Balaban J connectivity index is 2.01. The molecule has 0 aliphatic carbocycles. The van der Waals surface area contributed by atoms with Crippen LogP contribution in [-0.2, 0) is 22.5 Å². The molecule has 0 saturated carbocycles. The Hall–Kier alpha value is -2.70. The third-order valence-electron chi connectivity index (χ3n) is 4.10. The van der Waals surface area contributed by atoms with E-state index in [1.807, 2.05) is 0 Å². The second kappa shape index (κ2) is 8.54. The molecule has 0 amide bonds. The Morgan fingerprint density at radius 2 is 1.79 bits per heavy atom. The number of hydrogen-bond donors (Lipinski definition) is 0. The summed E-state index contributed by atoms with van der Waals surface area (Å²) in [6.45, 7) is 1.66. The smallest absolute Gasteiger partial charge is 0.311 e. The van der Waals surface area contributed by atoms with Gasteiger partial charge in [-0.15, -0.1) is 0 Å². The minimum absolute atomic E-state index is 0.102. The van der Waals surface area contributed by atoms with Crippen molar-refractivity contribution < 1.29 is 14.3 Å². The topological polar surface area (TPSA) is 78.3 Å². The van der Waals surface area contributed by atoms with Gasteiger partial charge in [0.2, 0.25) is 0 Å². The number of ketones is 1. The van der Waals surface area contributed by atoms with Crippen LogP contribution in [-0.4, -0.2) is 28.1 Å². The number of hydrogen-bond acceptors (Lipinski definition) is 5. The van der Waals surface area contributed by atoms with Gasteiger partial charge in [0.1, 0.15) is 6.54 Å². The number of carbonyl (C=O) groups excluding carboxylic acids is 2. The van der Waals surface area contributed by atoms with Crippen molar-refractivity contribution in [3.8, 4) is 0 Å². The summed E-state index contributed by atoms with van der Waals surface area (Å²) < 4.78 is 6.04. The maximum atomic E-state index is 12.8. The average molecular weight is 419 g/mol. The molecule has 2 aromatic carbocycles. The molecule has 0 N–H and O–H groups in total. The van der Waals surface area contributed by atoms with E-state index in [1.165, 1.54) is 18.2 Å². The zero-order valence-electron chi connectivity index (χ0n) is 14.9. The number of esters is 1. The highest BCUT2D eigenvalue weighted by Crippen LogP contribution is 2.23. The molecule has 1 aromatic heterocycles. The lowest BCUT2D eigenvalue weighted by molar-refractivity contribution is -0.142.